The van der Waals surface area contributed by atoms with Gasteiger partial charge in [0.15, 0.2) is 9.84 Å². The Bertz CT molecular complexity index is 722. The van der Waals surface area contributed by atoms with Crippen LogP contribution >= 0.6 is 0 Å². The van der Waals surface area contributed by atoms with Crippen LogP contribution in [0, 0.1) is 24.7 Å². The topological polar surface area (TPSA) is 72.8 Å². The van der Waals surface area contributed by atoms with Crippen LogP contribution in [0.1, 0.15) is 25.3 Å². The zero-order valence-electron chi connectivity index (χ0n) is 13.4. The lowest BCUT2D eigenvalue weighted by Crippen LogP contribution is -2.13. The Labute approximate surface area is 136 Å². The van der Waals surface area contributed by atoms with Gasteiger partial charge in [-0.15, -0.1) is 0 Å². The Kier molecular flexibility index (Phi) is 4.27. The second-order valence-corrected chi connectivity index (χ2v) is 8.25. The Balaban J connectivity index is 1.59. The van der Waals surface area contributed by atoms with Crippen LogP contribution in [0.25, 0.3) is 0 Å². The molecule has 2 atom stereocenters. The van der Waals surface area contributed by atoms with Crippen LogP contribution in [0.2, 0.25) is 0 Å². The van der Waals surface area contributed by atoms with Gasteiger partial charge in [-0.2, -0.15) is 0 Å². The van der Waals surface area contributed by atoms with E-state index in [4.69, 9.17) is 4.74 Å². The number of ether oxygens (including phenoxy) is 1. The van der Waals surface area contributed by atoms with Gasteiger partial charge in [0.25, 0.3) is 0 Å². The molecule has 3 rings (SSSR count). The van der Waals surface area contributed by atoms with Gasteiger partial charge in [-0.3, -0.25) is 9.79 Å². The molecule has 6 heteroatoms. The normalized spacial score (nSPS) is 25.8. The van der Waals surface area contributed by atoms with Crippen molar-refractivity contribution in [3.8, 4) is 0 Å². The van der Waals surface area contributed by atoms with Gasteiger partial charge in [-0.05, 0) is 50.7 Å². The van der Waals surface area contributed by atoms with E-state index in [1.165, 1.54) is 0 Å². The first kappa shape index (κ1) is 16.2. The van der Waals surface area contributed by atoms with E-state index < -0.39 is 9.84 Å². The molecule has 2 aliphatic carbocycles. The summed E-state index contributed by atoms with van der Waals surface area (Å²) in [4.78, 5) is 16.3. The van der Waals surface area contributed by atoms with E-state index in [1.807, 2.05) is 6.92 Å². The number of hydrogen-bond acceptors (Lipinski definition) is 5. The Morgan fingerprint density at radius 3 is 2.39 bits per heavy atom. The Morgan fingerprint density at radius 1 is 1.22 bits per heavy atom. The third kappa shape index (κ3) is 3.32. The minimum atomic E-state index is -3.38. The molecule has 5 nitrogen and oxygen atoms in total. The van der Waals surface area contributed by atoms with Crippen LogP contribution in [0.15, 0.2) is 34.2 Å². The highest BCUT2D eigenvalue weighted by Gasteiger charge is 2.59. The lowest BCUT2D eigenvalue weighted by Gasteiger charge is -2.06. The molecule has 0 saturated heterocycles. The molecule has 2 unspecified atom stereocenters. The van der Waals surface area contributed by atoms with Gasteiger partial charge >= 0.3 is 5.97 Å². The van der Waals surface area contributed by atoms with Crippen LogP contribution in [-0.2, 0) is 19.4 Å². The van der Waals surface area contributed by atoms with Gasteiger partial charge in [0.05, 0.1) is 17.4 Å². The maximum atomic E-state index is 12.3. The number of aryl methyl sites for hydroxylation is 1. The van der Waals surface area contributed by atoms with Crippen molar-refractivity contribution in [1.29, 1.82) is 0 Å². The van der Waals surface area contributed by atoms with Crippen LogP contribution in [0.4, 0.5) is 0 Å². The summed E-state index contributed by atoms with van der Waals surface area (Å²) in [7, 11) is -3.38. The third-order valence-corrected chi connectivity index (χ3v) is 6.13. The quantitative estimate of drug-likeness (QED) is 0.775. The molecule has 1 aromatic carbocycles. The summed E-state index contributed by atoms with van der Waals surface area (Å²) in [5, 5.41) is 0. The fourth-order valence-corrected chi connectivity index (χ4v) is 4.40. The number of esters is 1. The summed E-state index contributed by atoms with van der Waals surface area (Å²) < 4.78 is 29.6. The number of fused-ring (bicyclic) bond motifs is 1. The van der Waals surface area contributed by atoms with Crippen molar-refractivity contribution < 1.29 is 17.9 Å². The standard InChI is InChI=1S/C17H21NO4S/c1-3-22-17(19)16-14-8-12(9-15(14)16)18-10-23(20,21)13-6-4-11(2)5-7-13/h4-7,14-16H,3,8-10H2,1-2H3. The molecule has 0 aliphatic heterocycles. The van der Waals surface area contributed by atoms with Gasteiger partial charge in [-0.25, -0.2) is 8.42 Å². The van der Waals surface area contributed by atoms with E-state index in [9.17, 15) is 13.2 Å². The van der Waals surface area contributed by atoms with Gasteiger partial charge in [0.1, 0.15) is 5.88 Å². The van der Waals surface area contributed by atoms with Crippen molar-refractivity contribution in [1.82, 2.24) is 0 Å². The molecule has 124 valence electrons. The highest BCUT2D eigenvalue weighted by molar-refractivity contribution is 7.91. The predicted octanol–water partition coefficient (Wildman–Crippen LogP) is 2.39. The van der Waals surface area contributed by atoms with Gasteiger partial charge < -0.3 is 4.74 Å². The van der Waals surface area contributed by atoms with E-state index in [1.54, 1.807) is 31.2 Å². The highest BCUT2D eigenvalue weighted by Crippen LogP contribution is 2.56. The number of hydrogen-bond donors (Lipinski definition) is 0. The van der Waals surface area contributed by atoms with Crippen LogP contribution in [-0.4, -0.2) is 32.6 Å². The number of carbonyl (C=O) groups excluding carboxylic acids is 1. The fourth-order valence-electron chi connectivity index (χ4n) is 3.34. The fraction of sp³-hybridized carbons (Fsp3) is 0.529. The number of sulfone groups is 1. The molecule has 0 heterocycles. The van der Waals surface area contributed by atoms with Crippen molar-refractivity contribution in [2.24, 2.45) is 22.7 Å². The molecule has 2 aliphatic rings. The average Bonchev–Trinajstić information content (AvgIpc) is 3.02. The molecule has 0 spiro atoms. The molecule has 0 N–H and O–H groups in total. The molecule has 2 fully saturated rings. The van der Waals surface area contributed by atoms with E-state index in [0.717, 1.165) is 24.1 Å². The van der Waals surface area contributed by atoms with Crippen molar-refractivity contribution >= 4 is 21.5 Å². The van der Waals surface area contributed by atoms with E-state index >= 15 is 0 Å². The second kappa shape index (κ2) is 6.07. The number of aliphatic imine (C=N–C) groups is 1. The van der Waals surface area contributed by atoms with Gasteiger partial charge in [0, 0.05) is 5.71 Å². The van der Waals surface area contributed by atoms with Crippen molar-refractivity contribution in [3.63, 3.8) is 0 Å². The third-order valence-electron chi connectivity index (χ3n) is 4.67. The second-order valence-electron chi connectivity index (χ2n) is 6.30. The maximum absolute atomic E-state index is 12.3. The summed E-state index contributed by atoms with van der Waals surface area (Å²) in [6.07, 6.45) is 1.44. The molecule has 0 radical (unpaired) electrons. The smallest absolute Gasteiger partial charge is 0.309 e. The number of carbonyl (C=O) groups is 1. The van der Waals surface area contributed by atoms with Crippen molar-refractivity contribution in [2.75, 3.05) is 12.5 Å². The summed E-state index contributed by atoms with van der Waals surface area (Å²) >= 11 is 0. The summed E-state index contributed by atoms with van der Waals surface area (Å²) in [6.45, 7) is 4.13. The van der Waals surface area contributed by atoms with Gasteiger partial charge in [0.2, 0.25) is 0 Å². The summed E-state index contributed by atoms with van der Waals surface area (Å²) in [5.74, 6) is 0.274. The molecule has 2 saturated carbocycles. The molecule has 0 amide bonds. The molecule has 1 aromatic rings. The maximum Gasteiger partial charge on any atom is 0.309 e. The lowest BCUT2D eigenvalue weighted by atomic mass is 10.1. The molecule has 0 bridgehead atoms. The minimum absolute atomic E-state index is 0.00241. The SMILES string of the molecule is CCOC(=O)C1C2CC(=NCS(=O)(=O)c3ccc(C)cc3)CC21. The molecular weight excluding hydrogens is 314 g/mol. The Hall–Kier alpha value is -1.69. The first-order chi connectivity index (χ1) is 10.9. The number of rotatable bonds is 5. The minimum Gasteiger partial charge on any atom is -0.466 e. The first-order valence-corrected chi connectivity index (χ1v) is 9.56. The monoisotopic (exact) mass is 335 g/mol. The summed E-state index contributed by atoms with van der Waals surface area (Å²) in [6, 6.07) is 6.81. The van der Waals surface area contributed by atoms with Crippen molar-refractivity contribution in [3.05, 3.63) is 29.8 Å². The molecule has 23 heavy (non-hydrogen) atoms. The zero-order chi connectivity index (χ0) is 16.6. The molecule has 0 aromatic heterocycles. The summed E-state index contributed by atoms with van der Waals surface area (Å²) in [5.41, 5.74) is 1.94. The zero-order valence-corrected chi connectivity index (χ0v) is 14.2. The lowest BCUT2D eigenvalue weighted by molar-refractivity contribution is -0.145. The number of nitrogens with zero attached hydrogens (tertiary/aromatic N) is 1. The first-order valence-electron chi connectivity index (χ1n) is 7.90. The van der Waals surface area contributed by atoms with E-state index in [2.05, 4.69) is 4.99 Å². The molecular formula is C17H21NO4S. The van der Waals surface area contributed by atoms with Crippen LogP contribution in [0.3, 0.4) is 0 Å². The van der Waals surface area contributed by atoms with E-state index in [-0.39, 0.29) is 17.8 Å². The van der Waals surface area contributed by atoms with E-state index in [0.29, 0.717) is 23.3 Å². The average molecular weight is 335 g/mol. The van der Waals surface area contributed by atoms with Crippen LogP contribution in [0.5, 0.6) is 0 Å². The van der Waals surface area contributed by atoms with Gasteiger partial charge in [-0.1, -0.05) is 17.7 Å². The largest absolute Gasteiger partial charge is 0.466 e. The van der Waals surface area contributed by atoms with Crippen LogP contribution < -0.4 is 0 Å². The van der Waals surface area contributed by atoms with Crippen molar-refractivity contribution in [2.45, 2.75) is 31.6 Å². The predicted molar refractivity (Wildman–Crippen MR) is 87.0 cm³/mol. The highest BCUT2D eigenvalue weighted by atomic mass is 32.2. The number of benzene rings is 1. The Morgan fingerprint density at radius 2 is 1.83 bits per heavy atom.